The van der Waals surface area contributed by atoms with Gasteiger partial charge in [0.1, 0.15) is 6.61 Å². The number of aryl methyl sites for hydroxylation is 1. The van der Waals surface area contributed by atoms with Gasteiger partial charge in [0.2, 0.25) is 0 Å². The molecule has 1 fully saturated rings. The Bertz CT molecular complexity index is 1170. The van der Waals surface area contributed by atoms with Crippen LogP contribution in [-0.2, 0) is 30.1 Å². The molecule has 1 saturated heterocycles. The number of hydrogen-bond acceptors (Lipinski definition) is 6. The maximum absolute atomic E-state index is 13.0. The Morgan fingerprint density at radius 3 is 2.35 bits per heavy atom. The van der Waals surface area contributed by atoms with Gasteiger partial charge in [0.15, 0.2) is 8.32 Å². The van der Waals surface area contributed by atoms with Crippen molar-refractivity contribution in [3.63, 3.8) is 0 Å². The normalized spacial score (nSPS) is 18.9. The van der Waals surface area contributed by atoms with Gasteiger partial charge >= 0.3 is 6.09 Å². The van der Waals surface area contributed by atoms with Crippen LogP contribution in [0.1, 0.15) is 38.3 Å². The second-order valence-electron chi connectivity index (χ2n) is 11.0. The second kappa shape index (κ2) is 11.9. The first-order valence-corrected chi connectivity index (χ1v) is 16.9. The van der Waals surface area contributed by atoms with E-state index >= 15 is 0 Å². The van der Waals surface area contributed by atoms with Crippen LogP contribution in [0.3, 0.4) is 0 Å². The number of ether oxygens (including phenoxy) is 1. The van der Waals surface area contributed by atoms with E-state index in [1.807, 2.05) is 43.3 Å². The maximum atomic E-state index is 13.0. The Kier molecular flexibility index (Phi) is 9.39. The fraction of sp³-hybridized carbons (Fsp3) is 0.464. The highest BCUT2D eigenvalue weighted by Crippen LogP contribution is 2.39. The maximum Gasteiger partial charge on any atom is 0.410 e. The summed E-state index contributed by atoms with van der Waals surface area (Å²) in [7, 11) is -5.92. The Hall–Kier alpha value is -2.46. The molecule has 2 aromatic carbocycles. The summed E-state index contributed by atoms with van der Waals surface area (Å²) in [5.74, 6) is 0. The molecule has 0 unspecified atom stereocenters. The van der Waals surface area contributed by atoms with E-state index in [1.165, 1.54) is 12.1 Å². The average molecular weight is 546 g/mol. The van der Waals surface area contributed by atoms with Crippen LogP contribution >= 0.6 is 0 Å². The fourth-order valence-electron chi connectivity index (χ4n) is 3.81. The van der Waals surface area contributed by atoms with E-state index in [2.05, 4.69) is 33.9 Å². The van der Waals surface area contributed by atoms with Crippen molar-refractivity contribution in [1.82, 2.24) is 4.90 Å². The van der Waals surface area contributed by atoms with Crippen LogP contribution in [0.25, 0.3) is 0 Å². The molecule has 1 heterocycles. The first-order chi connectivity index (χ1) is 17.3. The van der Waals surface area contributed by atoms with Crippen molar-refractivity contribution in [2.24, 2.45) is 0 Å². The molecule has 202 valence electrons. The smallest absolute Gasteiger partial charge is 0.410 e. The van der Waals surface area contributed by atoms with Crippen LogP contribution in [-0.4, -0.2) is 53.0 Å². The zero-order valence-corrected chi connectivity index (χ0v) is 24.5. The molecule has 0 spiro atoms. The predicted octanol–water partition coefficient (Wildman–Crippen LogP) is 6.06. The number of nitrogens with zero attached hydrogens (tertiary/aromatic N) is 1. The van der Waals surface area contributed by atoms with Crippen LogP contribution < -0.4 is 0 Å². The van der Waals surface area contributed by atoms with Crippen LogP contribution in [0.2, 0.25) is 18.1 Å². The minimum atomic E-state index is -3.87. The zero-order chi connectivity index (χ0) is 27.3. The van der Waals surface area contributed by atoms with E-state index in [0.29, 0.717) is 13.0 Å². The number of carbonyl (C=O) groups excluding carboxylic acids is 1. The van der Waals surface area contributed by atoms with Gasteiger partial charge in [0, 0.05) is 6.54 Å². The van der Waals surface area contributed by atoms with E-state index in [9.17, 15) is 13.2 Å². The van der Waals surface area contributed by atoms with Crippen LogP contribution in [0, 0.1) is 6.92 Å². The molecule has 7 nitrogen and oxygen atoms in total. The molecule has 2 aromatic rings. The van der Waals surface area contributed by atoms with Crippen molar-refractivity contribution in [2.45, 2.75) is 75.9 Å². The number of benzene rings is 2. The number of hydrogen-bond donors (Lipinski definition) is 0. The van der Waals surface area contributed by atoms with Gasteiger partial charge < -0.3 is 9.16 Å². The van der Waals surface area contributed by atoms with Crippen molar-refractivity contribution in [2.75, 3.05) is 13.2 Å². The Morgan fingerprint density at radius 2 is 1.73 bits per heavy atom. The van der Waals surface area contributed by atoms with Gasteiger partial charge in [-0.1, -0.05) is 81.0 Å². The van der Waals surface area contributed by atoms with E-state index in [-0.39, 0.29) is 35.3 Å². The van der Waals surface area contributed by atoms with Crippen LogP contribution in [0.15, 0.2) is 71.6 Å². The molecular weight excluding hydrogens is 506 g/mol. The van der Waals surface area contributed by atoms with Gasteiger partial charge in [0.25, 0.3) is 10.1 Å². The molecule has 37 heavy (non-hydrogen) atoms. The number of carbonyl (C=O) groups is 1. The topological polar surface area (TPSA) is 82.1 Å². The molecule has 0 aliphatic carbocycles. The molecule has 9 heteroatoms. The highest BCUT2D eigenvalue weighted by atomic mass is 32.2. The third-order valence-electron chi connectivity index (χ3n) is 7.00. The standard InChI is InChI=1S/C28H39NO6SSi/c1-22-14-16-26(17-15-22)36(31,32)34-18-10-13-24-19-25(35-37(5,6)28(2,3)4)20-29(24)27(30)33-21-23-11-8-7-9-12-23/h7-17,24-25H,18-21H2,1-6H3/b13-10+/t24-,25-/m1/s1. The molecule has 0 aromatic heterocycles. The van der Waals surface area contributed by atoms with E-state index in [4.69, 9.17) is 13.3 Å². The third-order valence-corrected chi connectivity index (χ3v) is 12.8. The highest BCUT2D eigenvalue weighted by molar-refractivity contribution is 7.86. The largest absolute Gasteiger partial charge is 0.445 e. The van der Waals surface area contributed by atoms with E-state index < -0.39 is 24.5 Å². The minimum Gasteiger partial charge on any atom is -0.445 e. The Balaban J connectivity index is 1.67. The predicted molar refractivity (Wildman–Crippen MR) is 147 cm³/mol. The summed E-state index contributed by atoms with van der Waals surface area (Å²) in [5, 5.41) is 0.0394. The number of rotatable bonds is 9. The molecule has 1 amide bonds. The van der Waals surface area contributed by atoms with Crippen molar-refractivity contribution in [3.8, 4) is 0 Å². The van der Waals surface area contributed by atoms with Crippen LogP contribution in [0.4, 0.5) is 4.79 Å². The molecule has 0 saturated carbocycles. The quantitative estimate of drug-likeness (QED) is 0.216. The molecular formula is C28H39NO6SSi. The Labute approximate surface area is 222 Å². The van der Waals surface area contributed by atoms with Crippen molar-refractivity contribution in [3.05, 3.63) is 77.9 Å². The summed E-state index contributed by atoms with van der Waals surface area (Å²) >= 11 is 0. The lowest BCUT2D eigenvalue weighted by molar-refractivity contribution is 0.0926. The first-order valence-electron chi connectivity index (χ1n) is 12.6. The fourth-order valence-corrected chi connectivity index (χ4v) is 6.03. The lowest BCUT2D eigenvalue weighted by Gasteiger charge is -2.38. The summed E-state index contributed by atoms with van der Waals surface area (Å²) in [6.07, 6.45) is 3.50. The van der Waals surface area contributed by atoms with E-state index in [1.54, 1.807) is 23.1 Å². The Morgan fingerprint density at radius 1 is 1.08 bits per heavy atom. The van der Waals surface area contributed by atoms with Crippen LogP contribution in [0.5, 0.6) is 0 Å². The molecule has 0 bridgehead atoms. The number of likely N-dealkylation sites (tertiary alicyclic amines) is 1. The van der Waals surface area contributed by atoms with Gasteiger partial charge in [-0.25, -0.2) is 4.79 Å². The van der Waals surface area contributed by atoms with Gasteiger partial charge in [-0.2, -0.15) is 8.42 Å². The van der Waals surface area contributed by atoms with Gasteiger partial charge in [-0.15, -0.1) is 0 Å². The molecule has 0 N–H and O–H groups in total. The van der Waals surface area contributed by atoms with Crippen molar-refractivity contribution >= 4 is 24.5 Å². The van der Waals surface area contributed by atoms with Gasteiger partial charge in [-0.3, -0.25) is 9.08 Å². The van der Waals surface area contributed by atoms with Gasteiger partial charge in [0.05, 0.1) is 23.6 Å². The zero-order valence-electron chi connectivity index (χ0n) is 22.6. The number of amides is 1. The summed E-state index contributed by atoms with van der Waals surface area (Å²) in [4.78, 5) is 14.8. The minimum absolute atomic E-state index is 0.0394. The highest BCUT2D eigenvalue weighted by Gasteiger charge is 2.43. The second-order valence-corrected chi connectivity index (χ2v) is 17.3. The summed E-state index contributed by atoms with van der Waals surface area (Å²) < 4.78 is 42.3. The third kappa shape index (κ3) is 8.01. The van der Waals surface area contributed by atoms with Crippen molar-refractivity contribution in [1.29, 1.82) is 0 Å². The van der Waals surface area contributed by atoms with E-state index in [0.717, 1.165) is 11.1 Å². The summed E-state index contributed by atoms with van der Waals surface area (Å²) in [6, 6.07) is 15.7. The first kappa shape index (κ1) is 29.1. The lowest BCUT2D eigenvalue weighted by Crippen LogP contribution is -2.44. The molecule has 0 radical (unpaired) electrons. The average Bonchev–Trinajstić information content (AvgIpc) is 3.22. The molecule has 1 aliphatic rings. The SMILES string of the molecule is Cc1ccc(S(=O)(=O)OC/C=C/[C@@H]2C[C@@H](O[Si](C)(C)C(C)(C)C)CN2C(=O)OCc2ccccc2)cc1. The molecule has 3 rings (SSSR count). The molecule has 2 atom stereocenters. The van der Waals surface area contributed by atoms with Gasteiger partial charge in [-0.05, 0) is 49.2 Å². The van der Waals surface area contributed by atoms with Crippen molar-refractivity contribution < 1.29 is 26.6 Å². The lowest BCUT2D eigenvalue weighted by atomic mass is 10.2. The summed E-state index contributed by atoms with van der Waals surface area (Å²) in [6.45, 7) is 13.3. The molecule has 1 aliphatic heterocycles. The monoisotopic (exact) mass is 545 g/mol. The summed E-state index contributed by atoms with van der Waals surface area (Å²) in [5.41, 5.74) is 1.87.